The Morgan fingerprint density at radius 2 is 2.00 bits per heavy atom. The van der Waals surface area contributed by atoms with Crippen LogP contribution < -0.4 is 0 Å². The lowest BCUT2D eigenvalue weighted by atomic mass is 9.90. The van der Waals surface area contributed by atoms with E-state index < -0.39 is 0 Å². The molecule has 1 fully saturated rings. The summed E-state index contributed by atoms with van der Waals surface area (Å²) in [5, 5.41) is 4.44. The minimum absolute atomic E-state index is 0.208. The number of carbonyl (C=O) groups excluding carboxylic acids is 1. The third-order valence-electron chi connectivity index (χ3n) is 5.36. The van der Waals surface area contributed by atoms with E-state index in [1.165, 1.54) is 0 Å². The molecule has 0 radical (unpaired) electrons. The number of rotatable bonds is 7. The predicted octanol–water partition coefficient (Wildman–Crippen LogP) is 2.93. The number of amides is 1. The molecular formula is C21H31N5O2. The minimum atomic E-state index is 0.208. The second-order valence-corrected chi connectivity index (χ2v) is 7.52. The third-order valence-corrected chi connectivity index (χ3v) is 5.36. The standard InChI is InChI=1S/C21H31N5O2/c1-5-28-14-19-13-22-17(4)23-21(19)18-6-9-25(10-7-18)20(27)8-11-26-16(3)12-15(2)24-26/h12-13,18H,5-11,14H2,1-4H3. The molecule has 0 unspecified atom stereocenters. The molecule has 2 aromatic heterocycles. The molecule has 152 valence electrons. The van der Waals surface area contributed by atoms with Crippen molar-refractivity contribution in [2.24, 2.45) is 0 Å². The van der Waals surface area contributed by atoms with Crippen molar-refractivity contribution in [2.45, 2.75) is 66.0 Å². The van der Waals surface area contributed by atoms with Crippen LogP contribution in [0.4, 0.5) is 0 Å². The average Bonchev–Trinajstić information content (AvgIpc) is 3.02. The molecule has 0 saturated carbocycles. The molecule has 7 nitrogen and oxygen atoms in total. The number of aryl methyl sites for hydroxylation is 4. The molecular weight excluding hydrogens is 354 g/mol. The van der Waals surface area contributed by atoms with E-state index in [0.29, 0.717) is 32.1 Å². The van der Waals surface area contributed by atoms with Crippen molar-refractivity contribution in [3.05, 3.63) is 40.7 Å². The van der Waals surface area contributed by atoms with Gasteiger partial charge in [0, 0.05) is 56.0 Å². The first-order valence-corrected chi connectivity index (χ1v) is 10.2. The zero-order valence-electron chi connectivity index (χ0n) is 17.4. The maximum absolute atomic E-state index is 12.6. The molecule has 0 atom stereocenters. The van der Waals surface area contributed by atoms with Gasteiger partial charge in [-0.3, -0.25) is 9.48 Å². The van der Waals surface area contributed by atoms with Crippen LogP contribution in [0.3, 0.4) is 0 Å². The van der Waals surface area contributed by atoms with Crippen LogP contribution in [0.15, 0.2) is 12.3 Å². The summed E-state index contributed by atoms with van der Waals surface area (Å²) in [4.78, 5) is 23.6. The van der Waals surface area contributed by atoms with Gasteiger partial charge in [0.2, 0.25) is 5.91 Å². The molecule has 0 aliphatic carbocycles. The number of hydrogen-bond acceptors (Lipinski definition) is 5. The third kappa shape index (κ3) is 4.95. The first-order chi connectivity index (χ1) is 13.5. The summed E-state index contributed by atoms with van der Waals surface area (Å²) >= 11 is 0. The maximum atomic E-state index is 12.6. The Morgan fingerprint density at radius 3 is 2.64 bits per heavy atom. The zero-order chi connectivity index (χ0) is 20.1. The molecule has 7 heteroatoms. The molecule has 0 spiro atoms. The van der Waals surface area contributed by atoms with Crippen molar-refractivity contribution < 1.29 is 9.53 Å². The van der Waals surface area contributed by atoms with E-state index in [1.54, 1.807) is 0 Å². The molecule has 1 aliphatic heterocycles. The second-order valence-electron chi connectivity index (χ2n) is 7.52. The van der Waals surface area contributed by atoms with Crippen molar-refractivity contribution in [1.82, 2.24) is 24.6 Å². The Morgan fingerprint density at radius 1 is 1.25 bits per heavy atom. The molecule has 0 N–H and O–H groups in total. The van der Waals surface area contributed by atoms with Crippen molar-refractivity contribution in [3.63, 3.8) is 0 Å². The average molecular weight is 386 g/mol. The molecule has 28 heavy (non-hydrogen) atoms. The highest BCUT2D eigenvalue weighted by atomic mass is 16.5. The van der Waals surface area contributed by atoms with Crippen molar-refractivity contribution in [1.29, 1.82) is 0 Å². The monoisotopic (exact) mass is 385 g/mol. The molecule has 3 rings (SSSR count). The van der Waals surface area contributed by atoms with E-state index in [1.807, 2.05) is 49.5 Å². The summed E-state index contributed by atoms with van der Waals surface area (Å²) in [6.45, 7) is 11.3. The molecule has 1 amide bonds. The van der Waals surface area contributed by atoms with Crippen LogP contribution in [0.25, 0.3) is 0 Å². The topological polar surface area (TPSA) is 73.1 Å². The van der Waals surface area contributed by atoms with Gasteiger partial charge in [-0.05, 0) is 46.6 Å². The fraction of sp³-hybridized carbons (Fsp3) is 0.619. The Labute approximate surface area is 167 Å². The lowest BCUT2D eigenvalue weighted by Crippen LogP contribution is -2.38. The van der Waals surface area contributed by atoms with E-state index in [4.69, 9.17) is 9.72 Å². The van der Waals surface area contributed by atoms with Crippen LogP contribution in [-0.4, -0.2) is 50.3 Å². The first kappa shape index (κ1) is 20.5. The van der Waals surface area contributed by atoms with Gasteiger partial charge in [-0.1, -0.05) is 0 Å². The van der Waals surface area contributed by atoms with Gasteiger partial charge >= 0.3 is 0 Å². The largest absolute Gasteiger partial charge is 0.377 e. The SMILES string of the molecule is CCOCc1cnc(C)nc1C1CCN(C(=O)CCn2nc(C)cc2C)CC1. The summed E-state index contributed by atoms with van der Waals surface area (Å²) < 4.78 is 7.50. The highest BCUT2D eigenvalue weighted by Gasteiger charge is 2.26. The fourth-order valence-corrected chi connectivity index (χ4v) is 3.85. The van der Waals surface area contributed by atoms with Crippen LogP contribution in [0.5, 0.6) is 0 Å². The van der Waals surface area contributed by atoms with Crippen LogP contribution in [0.1, 0.15) is 60.6 Å². The van der Waals surface area contributed by atoms with E-state index >= 15 is 0 Å². The van der Waals surface area contributed by atoms with Crippen molar-refractivity contribution >= 4 is 5.91 Å². The highest BCUT2D eigenvalue weighted by molar-refractivity contribution is 5.76. The van der Waals surface area contributed by atoms with E-state index in [2.05, 4.69) is 10.1 Å². The van der Waals surface area contributed by atoms with Crippen LogP contribution in [0.2, 0.25) is 0 Å². The Kier molecular flexibility index (Phi) is 6.78. The van der Waals surface area contributed by atoms with Gasteiger partial charge in [-0.25, -0.2) is 9.97 Å². The minimum Gasteiger partial charge on any atom is -0.377 e. The van der Waals surface area contributed by atoms with E-state index in [9.17, 15) is 4.79 Å². The quantitative estimate of drug-likeness (QED) is 0.733. The summed E-state index contributed by atoms with van der Waals surface area (Å²) in [5.74, 6) is 1.36. The second kappa shape index (κ2) is 9.28. The predicted molar refractivity (Wildman–Crippen MR) is 107 cm³/mol. The lowest BCUT2D eigenvalue weighted by Gasteiger charge is -2.32. The number of nitrogens with zero attached hydrogens (tertiary/aromatic N) is 5. The molecule has 1 saturated heterocycles. The number of piperidine rings is 1. The van der Waals surface area contributed by atoms with Crippen molar-refractivity contribution in [2.75, 3.05) is 19.7 Å². The van der Waals surface area contributed by atoms with Gasteiger partial charge in [0.05, 0.1) is 18.0 Å². The summed E-state index contributed by atoms with van der Waals surface area (Å²) in [7, 11) is 0. The van der Waals surface area contributed by atoms with Crippen molar-refractivity contribution in [3.8, 4) is 0 Å². The lowest BCUT2D eigenvalue weighted by molar-refractivity contribution is -0.132. The van der Waals surface area contributed by atoms with Crippen LogP contribution in [0, 0.1) is 20.8 Å². The number of carbonyl (C=O) groups is 1. The number of ether oxygens (including phenoxy) is 1. The maximum Gasteiger partial charge on any atom is 0.224 e. The normalized spacial score (nSPS) is 15.2. The zero-order valence-corrected chi connectivity index (χ0v) is 17.4. The van der Waals surface area contributed by atoms with Gasteiger partial charge in [-0.2, -0.15) is 5.10 Å². The van der Waals surface area contributed by atoms with Crippen LogP contribution >= 0.6 is 0 Å². The molecule has 3 heterocycles. The van der Waals surface area contributed by atoms with Crippen LogP contribution in [-0.2, 0) is 22.7 Å². The fourth-order valence-electron chi connectivity index (χ4n) is 3.85. The number of hydrogen-bond donors (Lipinski definition) is 0. The van der Waals surface area contributed by atoms with E-state index in [-0.39, 0.29) is 5.91 Å². The Balaban J connectivity index is 1.56. The molecule has 0 bridgehead atoms. The van der Waals surface area contributed by atoms with Gasteiger partial charge < -0.3 is 9.64 Å². The Bertz CT molecular complexity index is 809. The van der Waals surface area contributed by atoms with E-state index in [0.717, 1.165) is 54.4 Å². The van der Waals surface area contributed by atoms with Gasteiger partial charge in [0.25, 0.3) is 0 Å². The number of likely N-dealkylation sites (tertiary alicyclic amines) is 1. The van der Waals surface area contributed by atoms with Gasteiger partial charge in [0.1, 0.15) is 5.82 Å². The molecule has 2 aromatic rings. The molecule has 1 aliphatic rings. The smallest absolute Gasteiger partial charge is 0.224 e. The Hall–Kier alpha value is -2.28. The summed E-state index contributed by atoms with van der Waals surface area (Å²) in [6.07, 6.45) is 4.25. The number of aromatic nitrogens is 4. The summed E-state index contributed by atoms with van der Waals surface area (Å²) in [6, 6.07) is 2.04. The highest BCUT2D eigenvalue weighted by Crippen LogP contribution is 2.29. The van der Waals surface area contributed by atoms with Gasteiger partial charge in [-0.15, -0.1) is 0 Å². The molecule has 0 aromatic carbocycles. The summed E-state index contributed by atoms with van der Waals surface area (Å²) in [5.41, 5.74) is 4.26. The first-order valence-electron chi connectivity index (χ1n) is 10.2. The van der Waals surface area contributed by atoms with Gasteiger partial charge in [0.15, 0.2) is 0 Å².